The fourth-order valence-electron chi connectivity index (χ4n) is 0.610. The molecule has 0 aliphatic rings. The molecule has 1 unspecified atom stereocenters. The average molecular weight is 177 g/mol. The molecule has 3 heteroatoms. The van der Waals surface area contributed by atoms with E-state index in [-0.39, 0.29) is 9.90 Å². The molecule has 0 bridgehead atoms. The number of benzene rings is 1. The molecule has 1 aromatic carbocycles. The summed E-state index contributed by atoms with van der Waals surface area (Å²) in [4.78, 5) is 0. The molecule has 0 spiro atoms. The van der Waals surface area contributed by atoms with Gasteiger partial charge in [0.15, 0.2) is 0 Å². The van der Waals surface area contributed by atoms with Crippen molar-refractivity contribution in [3.63, 3.8) is 0 Å². The minimum absolute atomic E-state index is 0. The fourth-order valence-corrected chi connectivity index (χ4v) is 0.823. The normalized spacial score (nSPS) is 8.20. The van der Waals surface area contributed by atoms with E-state index < -0.39 is 0 Å². The van der Waals surface area contributed by atoms with Crippen LogP contribution in [0.2, 0.25) is 5.02 Å². The first-order valence-electron chi connectivity index (χ1n) is 2.63. The van der Waals surface area contributed by atoms with Crippen LogP contribution in [0.5, 0.6) is 5.75 Å². The minimum Gasteiger partial charge on any atom is -0.495 e. The lowest BCUT2D eigenvalue weighted by atomic mass is 10.3. The highest BCUT2D eigenvalue weighted by molar-refractivity contribution is 6.92. The van der Waals surface area contributed by atoms with Crippen LogP contribution in [0.4, 0.5) is 0 Å². The molecule has 0 N–H and O–H groups in total. The summed E-state index contributed by atoms with van der Waals surface area (Å²) in [6.07, 6.45) is 0. The number of ether oxygens (including phenoxy) is 1. The van der Waals surface area contributed by atoms with Crippen LogP contribution in [0.1, 0.15) is 0 Å². The third kappa shape index (κ3) is 2.17. The lowest BCUT2D eigenvalue weighted by Crippen LogP contribution is -1.81. The predicted molar refractivity (Wildman–Crippen MR) is 49.1 cm³/mol. The Morgan fingerprint density at radius 2 is 1.90 bits per heavy atom. The van der Waals surface area contributed by atoms with E-state index >= 15 is 0 Å². The Hall–Kier alpha value is -0.260. The average Bonchev–Trinajstić information content (AvgIpc) is 1.89. The Morgan fingerprint density at radius 1 is 1.30 bits per heavy atom. The molecule has 0 saturated carbocycles. The molecule has 1 aromatic rings. The maximum atomic E-state index is 5.70. The zero-order valence-corrected chi connectivity index (χ0v) is 7.97. The number of para-hydroxylation sites is 1. The molecule has 0 aliphatic carbocycles. The van der Waals surface area contributed by atoms with Gasteiger partial charge in [0.1, 0.15) is 5.75 Å². The molecule has 0 aliphatic heterocycles. The minimum atomic E-state index is 0. The van der Waals surface area contributed by atoms with Crippen molar-refractivity contribution in [1.29, 1.82) is 0 Å². The molecule has 0 aromatic heterocycles. The van der Waals surface area contributed by atoms with E-state index in [0.717, 1.165) is 5.75 Å². The molecule has 0 fully saturated rings. The van der Waals surface area contributed by atoms with Crippen molar-refractivity contribution in [3.05, 3.63) is 29.3 Å². The number of halogens is 1. The monoisotopic (exact) mass is 176 g/mol. The Morgan fingerprint density at radius 3 is 2.30 bits per heavy atom. The van der Waals surface area contributed by atoms with Crippen LogP contribution in [-0.4, -0.2) is 7.11 Å². The third-order valence-electron chi connectivity index (χ3n) is 1.06. The van der Waals surface area contributed by atoms with Gasteiger partial charge >= 0.3 is 0 Å². The smallest absolute Gasteiger partial charge is 0.137 e. The molecule has 0 saturated heterocycles. The summed E-state index contributed by atoms with van der Waals surface area (Å²) in [6.45, 7) is 0. The van der Waals surface area contributed by atoms with E-state index in [4.69, 9.17) is 16.3 Å². The van der Waals surface area contributed by atoms with Gasteiger partial charge in [0.05, 0.1) is 12.1 Å². The van der Waals surface area contributed by atoms with E-state index in [9.17, 15) is 0 Å². The quantitative estimate of drug-likeness (QED) is 0.597. The van der Waals surface area contributed by atoms with Crippen LogP contribution in [0.15, 0.2) is 24.3 Å². The number of methoxy groups -OCH3 is 1. The van der Waals surface area contributed by atoms with E-state index in [2.05, 4.69) is 0 Å². The van der Waals surface area contributed by atoms with Gasteiger partial charge in [-0.05, 0) is 12.1 Å². The van der Waals surface area contributed by atoms with Gasteiger partial charge in [0.25, 0.3) is 0 Å². The molecule has 56 valence electrons. The van der Waals surface area contributed by atoms with E-state index in [1.807, 2.05) is 18.2 Å². The summed E-state index contributed by atoms with van der Waals surface area (Å²) in [6, 6.07) is 7.36. The predicted octanol–water partition coefficient (Wildman–Crippen LogP) is 2.41. The van der Waals surface area contributed by atoms with Crippen molar-refractivity contribution >= 4 is 21.5 Å². The van der Waals surface area contributed by atoms with Crippen molar-refractivity contribution in [1.82, 2.24) is 0 Å². The number of hydrogen-bond acceptors (Lipinski definition) is 1. The van der Waals surface area contributed by atoms with Crippen LogP contribution in [0, 0.1) is 0 Å². The van der Waals surface area contributed by atoms with Crippen LogP contribution >= 0.6 is 21.5 Å². The lowest BCUT2D eigenvalue weighted by molar-refractivity contribution is 0.415. The largest absolute Gasteiger partial charge is 0.495 e. The molecule has 0 radical (unpaired) electrons. The second-order valence-corrected chi connectivity index (χ2v) is 2.04. The van der Waals surface area contributed by atoms with Crippen molar-refractivity contribution in [2.24, 2.45) is 0 Å². The molecule has 10 heavy (non-hydrogen) atoms. The summed E-state index contributed by atoms with van der Waals surface area (Å²) in [5, 5.41) is 0.653. The number of hydrogen-bond donors (Lipinski definition) is 0. The number of rotatable bonds is 1. The summed E-state index contributed by atoms with van der Waals surface area (Å²) in [5.74, 6) is 0.721. The van der Waals surface area contributed by atoms with Gasteiger partial charge in [-0.25, -0.2) is 0 Å². The maximum absolute atomic E-state index is 5.70. The molecular formula is C7H10ClOP. The van der Waals surface area contributed by atoms with Crippen molar-refractivity contribution in [2.75, 3.05) is 7.11 Å². The van der Waals surface area contributed by atoms with Gasteiger partial charge in [0, 0.05) is 0 Å². The van der Waals surface area contributed by atoms with Crippen LogP contribution in [0.3, 0.4) is 0 Å². The van der Waals surface area contributed by atoms with Gasteiger partial charge < -0.3 is 4.74 Å². The lowest BCUT2D eigenvalue weighted by Gasteiger charge is -1.98. The van der Waals surface area contributed by atoms with Gasteiger partial charge in [-0.3, -0.25) is 0 Å². The third-order valence-corrected chi connectivity index (χ3v) is 1.37. The van der Waals surface area contributed by atoms with Crippen molar-refractivity contribution < 1.29 is 4.74 Å². The molecule has 0 heterocycles. The standard InChI is InChI=1S/C7H7ClO.H3P/c1-9-7-5-3-2-4-6(7)8;/h2-5H,1H3;1H3. The first-order valence-corrected chi connectivity index (χ1v) is 3.01. The Bertz CT molecular complexity index is 203. The van der Waals surface area contributed by atoms with Crippen LogP contribution in [0.25, 0.3) is 0 Å². The zero-order chi connectivity index (χ0) is 6.69. The van der Waals surface area contributed by atoms with E-state index in [1.165, 1.54) is 0 Å². The second kappa shape index (κ2) is 4.54. The van der Waals surface area contributed by atoms with Crippen LogP contribution < -0.4 is 4.74 Å². The van der Waals surface area contributed by atoms with Gasteiger partial charge in [-0.1, -0.05) is 23.7 Å². The summed E-state index contributed by atoms with van der Waals surface area (Å²) >= 11 is 5.70. The summed E-state index contributed by atoms with van der Waals surface area (Å²) in [5.41, 5.74) is 0. The molecule has 1 nitrogen and oxygen atoms in total. The van der Waals surface area contributed by atoms with E-state index in [1.54, 1.807) is 13.2 Å². The van der Waals surface area contributed by atoms with Crippen LogP contribution in [-0.2, 0) is 0 Å². The van der Waals surface area contributed by atoms with Crippen molar-refractivity contribution in [2.45, 2.75) is 0 Å². The molecule has 1 rings (SSSR count). The highest BCUT2D eigenvalue weighted by Crippen LogP contribution is 2.21. The highest BCUT2D eigenvalue weighted by Gasteiger charge is 1.93. The Kier molecular flexibility index (Phi) is 4.42. The van der Waals surface area contributed by atoms with E-state index in [0.29, 0.717) is 5.02 Å². The van der Waals surface area contributed by atoms with Gasteiger partial charge in [-0.2, -0.15) is 9.90 Å². The van der Waals surface area contributed by atoms with Gasteiger partial charge in [-0.15, -0.1) is 0 Å². The molecule has 0 amide bonds. The summed E-state index contributed by atoms with van der Waals surface area (Å²) in [7, 11) is 1.60. The zero-order valence-electron chi connectivity index (χ0n) is 5.80. The van der Waals surface area contributed by atoms with Crippen molar-refractivity contribution in [3.8, 4) is 5.75 Å². The Balaban J connectivity index is 0.000000810. The first kappa shape index (κ1) is 9.74. The second-order valence-electron chi connectivity index (χ2n) is 1.63. The Labute approximate surface area is 69.0 Å². The molecule has 1 atom stereocenters. The fraction of sp³-hybridized carbons (Fsp3) is 0.143. The summed E-state index contributed by atoms with van der Waals surface area (Å²) < 4.78 is 4.91. The van der Waals surface area contributed by atoms with Gasteiger partial charge in [0.2, 0.25) is 0 Å². The SMILES string of the molecule is COc1ccccc1Cl.P. The topological polar surface area (TPSA) is 9.23 Å². The molecular weight excluding hydrogens is 167 g/mol. The first-order chi connectivity index (χ1) is 4.34. The highest BCUT2D eigenvalue weighted by atomic mass is 35.5. The maximum Gasteiger partial charge on any atom is 0.137 e.